The van der Waals surface area contributed by atoms with E-state index in [-0.39, 0.29) is 63.6 Å². The number of nitrogens with zero attached hydrogens (tertiary/aromatic N) is 1. The van der Waals surface area contributed by atoms with Crippen LogP contribution in [0.4, 0.5) is 17.1 Å². The van der Waals surface area contributed by atoms with E-state index in [2.05, 4.69) is 64.9 Å². The molecule has 41 heteroatoms. The van der Waals surface area contributed by atoms with Gasteiger partial charge in [0, 0.05) is 195 Å². The third kappa shape index (κ3) is 71.0. The van der Waals surface area contributed by atoms with Crippen LogP contribution in [0.3, 0.4) is 0 Å². The fraction of sp³-hybridized carbons (Fsp3) is 0.730. The van der Waals surface area contributed by atoms with E-state index < -0.39 is 25.9 Å². The summed E-state index contributed by atoms with van der Waals surface area (Å²) in [5.74, 6) is 10.2. The van der Waals surface area contributed by atoms with Gasteiger partial charge in [0.1, 0.15) is 6.54 Å². The van der Waals surface area contributed by atoms with Gasteiger partial charge in [-0.25, -0.2) is 8.42 Å². The predicted octanol–water partition coefficient (Wildman–Crippen LogP) is 27.5. The van der Waals surface area contributed by atoms with Gasteiger partial charge in [-0.1, -0.05) is 276 Å². The largest absolute Gasteiger partial charge is 0.480 e. The number of benzene rings is 3. The second-order valence-electron chi connectivity index (χ2n) is 35.6. The lowest BCUT2D eigenvalue weighted by molar-refractivity contribution is -0.144. The van der Waals surface area contributed by atoms with Gasteiger partial charge in [-0.15, -0.1) is 0 Å². The summed E-state index contributed by atoms with van der Waals surface area (Å²) >= 11 is 0. The summed E-state index contributed by atoms with van der Waals surface area (Å²) in [6, 6.07) is 19.8. The van der Waals surface area contributed by atoms with Gasteiger partial charge in [-0.05, 0) is 248 Å². The molecular weight excluding hydrogens is 2130 g/mol. The molecule has 8 aliphatic heterocycles. The summed E-state index contributed by atoms with van der Waals surface area (Å²) in [5, 5.41) is 35.2. The topological polar surface area (TPSA) is 350 Å². The maximum Gasteiger partial charge on any atom is 0.323 e. The molecule has 0 spiro atoms. The smallest absolute Gasteiger partial charge is 0.323 e. The molecule has 0 unspecified atom stereocenters. The Morgan fingerprint density at radius 2 is 0.574 bits per heavy atom. The van der Waals surface area contributed by atoms with Gasteiger partial charge in [0.2, 0.25) is 47.3 Å². The van der Waals surface area contributed by atoms with Crippen LogP contribution in [-0.2, 0) is 63.1 Å². The lowest BCUT2D eigenvalue weighted by Gasteiger charge is -2.18. The number of hydrogen-bond donors (Lipinski definition) is 9. The number of aryl methyl sites for hydroxylation is 1. The second kappa shape index (κ2) is 84.9. The van der Waals surface area contributed by atoms with Crippen LogP contribution in [-0.4, -0.2) is 218 Å². The Morgan fingerprint density at radius 3 is 0.801 bits per heavy atom. The first-order valence-electron chi connectivity index (χ1n) is 51.2. The van der Waals surface area contributed by atoms with E-state index in [1.165, 1.54) is 221 Å². The van der Waals surface area contributed by atoms with Gasteiger partial charge in [-0.2, -0.15) is 8.42 Å². The molecule has 8 atom stereocenters. The first kappa shape index (κ1) is 132. The van der Waals surface area contributed by atoms with Crippen LogP contribution in [0, 0.1) is 6.92 Å². The molecule has 8 amide bonds. The van der Waals surface area contributed by atoms with Gasteiger partial charge in [0.15, 0.2) is 9.84 Å². The number of nitrogens with one attached hydrogen (secondary N) is 7. The number of amides is 8. The van der Waals surface area contributed by atoms with Crippen molar-refractivity contribution in [3.8, 4) is 0 Å². The Bertz CT molecular complexity index is 3930. The normalized spacial score (nSPS) is 19.3. The highest BCUT2D eigenvalue weighted by Gasteiger charge is 2.25. The van der Waals surface area contributed by atoms with Crippen molar-refractivity contribution in [3.05, 3.63) is 78.4 Å². The molecule has 11 rings (SSSR count). The highest BCUT2D eigenvalue weighted by molar-refractivity contribution is 8.79. The second-order valence-corrected chi connectivity index (χ2v) is 61.3. The molecule has 0 radical (unpaired) electrons. The molecule has 9 N–H and O–H groups in total. The monoisotopic (exact) mass is 2290 g/mol. The molecule has 23 nitrogen and oxygen atoms in total. The van der Waals surface area contributed by atoms with E-state index in [1.807, 2.05) is 211 Å². The summed E-state index contributed by atoms with van der Waals surface area (Å²) in [6.45, 7) is 15.8. The van der Waals surface area contributed by atoms with Crippen molar-refractivity contribution in [3.63, 3.8) is 0 Å². The fourth-order valence-electron chi connectivity index (χ4n) is 14.7. The van der Waals surface area contributed by atoms with Gasteiger partial charge in [0.25, 0.3) is 10.1 Å². The average molecular weight is 2300 g/mol. The summed E-state index contributed by atoms with van der Waals surface area (Å²) in [5.41, 5.74) is 3.13. The quantitative estimate of drug-likeness (QED) is 0.0144. The molecule has 8 aliphatic rings. The van der Waals surface area contributed by atoms with E-state index in [4.69, 9.17) is 9.66 Å². The van der Waals surface area contributed by atoms with Crippen molar-refractivity contribution in [2.75, 3.05) is 107 Å². The molecule has 8 saturated heterocycles. The molecule has 3 aromatic carbocycles. The Kier molecular flexibility index (Phi) is 79.2. The average Bonchev–Trinajstić information content (AvgIpc) is 1.65. The SMILES string of the molecule is CCCNC(=O)CCCC[C@@H]1CCSS1.CCCNC(=O)CCCC[C@@H]1CCSS1.CCCNC(=O)CCCC[C@@H]1CCSS1.CCCNC(=O)CCCC[C@@H]1CCSS1.CCN(CC(=O)O)C(=O)CCCC[C@@H]1CCSS1.CS(=O)(=O)c1ccc(NC(=O)CCCC[C@@H]2CCSS2)cc1.Cc1ccc(NC(=O)CCCC[C@@H]2CCSS2)cc1.O=C(CCCC[C@@H]1CCSS1)Nc1cccc(S(=O)(=O)O)c1. The van der Waals surface area contributed by atoms with Crippen molar-refractivity contribution >= 4 is 263 Å². The minimum Gasteiger partial charge on any atom is -0.480 e. The Hall–Kier alpha value is -1.65. The standard InChI is InChI=1S/C15H21NO3S3.C15H21NOS2.C14H19NO4S3.C12H21NO3S2.4C11H21NOS2/c1-22(18,19)14-8-6-12(7-9-14)16-15(17)5-3-2-4-13-10-11-20-21-13;1-12-6-8-13(9-7-12)16-15(17)5-3-2-4-14-10-11-18-19-14;16-14(7-2-1-5-12-8-9-20-21-12)15-11-4-3-6-13(10-11)22(17,18)19;1-2-13(9-12(15)16)11(14)6-4-3-5-10-7-8-17-18-10;4*1-2-8-12-11(13)6-4-3-5-10-7-9-14-15-10/h6-9,13H,2-5,10-11H2,1H3,(H,16,17);6-9,14H,2-5,10-11H2,1H3,(H,16,17);3-4,6,10,12H,1-2,5,7-9H2,(H,15,16)(H,17,18,19);10H,2-9H2,1H3,(H,15,16);4*10H,2-9H2,1H3,(H,12,13)/t13-;14-;12-;5*10-/m11111111/s1. The lowest BCUT2D eigenvalue weighted by Crippen LogP contribution is -2.35. The Balaban J connectivity index is 0.000000338. The number of sulfone groups is 1. The van der Waals surface area contributed by atoms with Crippen LogP contribution in [0.25, 0.3) is 0 Å². The third-order valence-corrected chi connectivity index (χ3v) is 48.9. The number of carbonyl (C=O) groups excluding carboxylic acids is 8. The van der Waals surface area contributed by atoms with E-state index in [9.17, 15) is 60.0 Å². The fourth-order valence-corrected chi connectivity index (χ4v) is 40.1. The lowest BCUT2D eigenvalue weighted by atomic mass is 10.1. The Morgan fingerprint density at radius 1 is 0.326 bits per heavy atom. The van der Waals surface area contributed by atoms with Crippen LogP contribution in [0.2, 0.25) is 0 Å². The molecule has 804 valence electrons. The maximum absolute atomic E-state index is 11.9. The summed E-state index contributed by atoms with van der Waals surface area (Å²) in [4.78, 5) is 104. The van der Waals surface area contributed by atoms with E-state index in [1.54, 1.807) is 18.2 Å². The number of likely N-dealkylation sites (N-methyl/N-ethyl adjacent to an activating group) is 1. The van der Waals surface area contributed by atoms with E-state index in [0.29, 0.717) is 69.3 Å². The third-order valence-electron chi connectivity index (χ3n) is 22.9. The number of rotatable bonds is 56. The minimum absolute atomic E-state index is 0.0134. The van der Waals surface area contributed by atoms with Crippen LogP contribution < -0.4 is 37.2 Å². The molecular formula is C100H166N8O15S18. The number of unbranched alkanes of at least 4 members (excludes halogenated alkanes) is 8. The number of aliphatic carboxylic acids is 1. The van der Waals surface area contributed by atoms with Crippen molar-refractivity contribution < 1.29 is 69.6 Å². The number of carbonyl (C=O) groups is 9. The zero-order valence-electron chi connectivity index (χ0n) is 84.6. The minimum atomic E-state index is -4.25. The van der Waals surface area contributed by atoms with Crippen molar-refractivity contribution in [1.29, 1.82) is 0 Å². The molecule has 0 saturated carbocycles. The number of carboxylic acid groups (broad SMARTS) is 1. The molecule has 3 aromatic rings. The molecule has 141 heavy (non-hydrogen) atoms. The first-order chi connectivity index (χ1) is 68.1. The first-order valence-corrected chi connectivity index (χ1v) is 73.6. The van der Waals surface area contributed by atoms with Crippen LogP contribution in [0.5, 0.6) is 0 Å². The van der Waals surface area contributed by atoms with E-state index in [0.717, 1.165) is 177 Å². The zero-order chi connectivity index (χ0) is 103. The van der Waals surface area contributed by atoms with E-state index >= 15 is 0 Å². The predicted molar refractivity (Wildman–Crippen MR) is 631 cm³/mol. The van der Waals surface area contributed by atoms with Gasteiger partial charge < -0.3 is 47.2 Å². The van der Waals surface area contributed by atoms with Gasteiger partial charge in [0.05, 0.1) is 9.79 Å². The van der Waals surface area contributed by atoms with Crippen molar-refractivity contribution in [1.82, 2.24) is 26.2 Å². The molecule has 8 fully saturated rings. The van der Waals surface area contributed by atoms with Crippen LogP contribution >= 0.6 is 173 Å². The number of anilines is 3. The maximum atomic E-state index is 11.9. The van der Waals surface area contributed by atoms with Crippen molar-refractivity contribution in [2.24, 2.45) is 0 Å². The highest BCUT2D eigenvalue weighted by Crippen LogP contribution is 2.46. The summed E-state index contributed by atoms with van der Waals surface area (Å²) < 4.78 is 53.8. The molecule has 0 aliphatic carbocycles. The molecule has 0 bridgehead atoms. The van der Waals surface area contributed by atoms with Crippen molar-refractivity contribution in [2.45, 2.75) is 376 Å². The highest BCUT2D eigenvalue weighted by atomic mass is 33.1. The summed E-state index contributed by atoms with van der Waals surface area (Å²) in [6.07, 6.45) is 47.7. The molecule has 0 aromatic heterocycles. The summed E-state index contributed by atoms with van der Waals surface area (Å²) in [7, 11) is 24.4. The van der Waals surface area contributed by atoms with Crippen LogP contribution in [0.15, 0.2) is 82.6 Å². The zero-order valence-corrected chi connectivity index (χ0v) is 99.3. The molecule has 8 heterocycles. The number of hydrogen-bond acceptors (Lipinski definition) is 29. The van der Waals surface area contributed by atoms with Crippen LogP contribution in [0.1, 0.15) is 323 Å². The van der Waals surface area contributed by atoms with Gasteiger partial charge in [-0.3, -0.25) is 47.7 Å². The Labute approximate surface area is 911 Å². The number of carboxylic acids is 1. The van der Waals surface area contributed by atoms with Gasteiger partial charge >= 0.3 is 5.97 Å².